The molecule has 17 heavy (non-hydrogen) atoms. The smallest absolute Gasteiger partial charge is 0.000604 e. The maximum atomic E-state index is 2.23. The van der Waals surface area contributed by atoms with E-state index in [2.05, 4.69) is 68.5 Å². The van der Waals surface area contributed by atoms with E-state index in [9.17, 15) is 0 Å². The second kappa shape index (κ2) is 5.67. The SMILES string of the molecule is CP(C)C.c1ccc2c(c1)[pH]c1ccccc12. The lowest BCUT2D eigenvalue weighted by Gasteiger charge is -1.89. The van der Waals surface area contributed by atoms with Crippen molar-refractivity contribution in [1.29, 1.82) is 0 Å². The second-order valence-corrected chi connectivity index (χ2v) is 8.57. The number of hydrogen-bond donors (Lipinski definition) is 0. The summed E-state index contributed by atoms with van der Waals surface area (Å²) >= 11 is 0. The van der Waals surface area contributed by atoms with Crippen LogP contribution in [0.1, 0.15) is 0 Å². The molecule has 0 saturated carbocycles. The highest BCUT2D eigenvalue weighted by atomic mass is 31.1. The first-order valence-electron chi connectivity index (χ1n) is 5.75. The number of fused-ring (bicyclic) bond motifs is 3. The lowest BCUT2D eigenvalue weighted by atomic mass is 10.2. The third-order valence-electron chi connectivity index (χ3n) is 2.41. The zero-order chi connectivity index (χ0) is 12.3. The minimum absolute atomic E-state index is 0.380. The largest absolute Gasteiger partial charge is 0.123 e. The maximum absolute atomic E-state index is 2.23. The van der Waals surface area contributed by atoms with Gasteiger partial charge in [-0.2, -0.15) is 0 Å². The Morgan fingerprint density at radius 2 is 1.06 bits per heavy atom. The zero-order valence-electron chi connectivity index (χ0n) is 10.6. The van der Waals surface area contributed by atoms with Gasteiger partial charge < -0.3 is 0 Å². The van der Waals surface area contributed by atoms with Crippen molar-refractivity contribution in [3.8, 4) is 0 Å². The van der Waals surface area contributed by atoms with Crippen LogP contribution in [0.3, 0.4) is 0 Å². The summed E-state index contributed by atoms with van der Waals surface area (Å²) in [6.45, 7) is 6.69. The Bertz CT molecular complexity index is 555. The van der Waals surface area contributed by atoms with E-state index in [1.807, 2.05) is 0 Å². The molecule has 2 heteroatoms. The fourth-order valence-electron chi connectivity index (χ4n) is 1.80. The molecule has 0 amide bonds. The minimum atomic E-state index is 0.380. The summed E-state index contributed by atoms with van der Waals surface area (Å²) in [7, 11) is 1.23. The van der Waals surface area contributed by atoms with Crippen LogP contribution >= 0.6 is 16.1 Å². The van der Waals surface area contributed by atoms with Crippen molar-refractivity contribution >= 4 is 37.1 Å². The van der Waals surface area contributed by atoms with Crippen LogP contribution in [0, 0.1) is 0 Å². The van der Waals surface area contributed by atoms with E-state index in [1.54, 1.807) is 0 Å². The number of benzene rings is 2. The molecule has 3 aromatic rings. The third-order valence-corrected chi connectivity index (χ3v) is 3.82. The predicted octanol–water partition coefficient (Wildman–Crippen LogP) is 5.38. The molecule has 1 aromatic heterocycles. The second-order valence-electron chi connectivity index (χ2n) is 4.56. The average Bonchev–Trinajstić information content (AvgIpc) is 2.66. The van der Waals surface area contributed by atoms with Gasteiger partial charge in [-0.25, -0.2) is 0 Å². The number of hydrogen-bond acceptors (Lipinski definition) is 0. The summed E-state index contributed by atoms with van der Waals surface area (Å²) in [4.78, 5) is 0. The Labute approximate surface area is 106 Å². The van der Waals surface area contributed by atoms with Gasteiger partial charge in [0.25, 0.3) is 0 Å². The average molecular weight is 260 g/mol. The molecule has 0 fully saturated rings. The molecule has 0 radical (unpaired) electrons. The summed E-state index contributed by atoms with van der Waals surface area (Å²) < 4.78 is 0. The molecule has 0 aliphatic carbocycles. The highest BCUT2D eigenvalue weighted by Gasteiger charge is 1.99. The van der Waals surface area contributed by atoms with Crippen LogP contribution in [-0.2, 0) is 0 Å². The van der Waals surface area contributed by atoms with Gasteiger partial charge in [0.05, 0.1) is 0 Å². The number of rotatable bonds is 0. The summed E-state index contributed by atoms with van der Waals surface area (Å²) in [6, 6.07) is 17.4. The topological polar surface area (TPSA) is 0 Å². The zero-order valence-corrected chi connectivity index (χ0v) is 12.5. The van der Waals surface area contributed by atoms with E-state index in [4.69, 9.17) is 0 Å². The van der Waals surface area contributed by atoms with Crippen LogP contribution in [-0.4, -0.2) is 20.0 Å². The van der Waals surface area contributed by atoms with Crippen molar-refractivity contribution in [3.63, 3.8) is 0 Å². The van der Waals surface area contributed by atoms with E-state index in [1.165, 1.54) is 21.0 Å². The molecule has 0 N–H and O–H groups in total. The first-order valence-corrected chi connectivity index (χ1v) is 9.43. The highest BCUT2D eigenvalue weighted by molar-refractivity contribution is 7.55. The summed E-state index contributed by atoms with van der Waals surface area (Å²) in [5.41, 5.74) is 0. The maximum Gasteiger partial charge on any atom is -0.000604 e. The van der Waals surface area contributed by atoms with Crippen molar-refractivity contribution < 1.29 is 0 Å². The Morgan fingerprint density at radius 3 is 1.47 bits per heavy atom. The van der Waals surface area contributed by atoms with Crippen LogP contribution < -0.4 is 0 Å². The van der Waals surface area contributed by atoms with Gasteiger partial charge in [0.15, 0.2) is 0 Å². The Kier molecular flexibility index (Phi) is 4.21. The summed E-state index contributed by atoms with van der Waals surface area (Å²) in [5, 5.41) is 5.83. The summed E-state index contributed by atoms with van der Waals surface area (Å²) in [5.74, 6) is 0. The van der Waals surface area contributed by atoms with Crippen molar-refractivity contribution in [2.45, 2.75) is 0 Å². The molecule has 0 bridgehead atoms. The van der Waals surface area contributed by atoms with Crippen LogP contribution in [0.2, 0.25) is 0 Å². The predicted molar refractivity (Wildman–Crippen MR) is 85.6 cm³/mol. The molecule has 0 aliphatic rings. The van der Waals surface area contributed by atoms with Gasteiger partial charge in [-0.1, -0.05) is 48.5 Å². The molecule has 0 atom stereocenters. The van der Waals surface area contributed by atoms with E-state index in [0.29, 0.717) is 7.92 Å². The van der Waals surface area contributed by atoms with Gasteiger partial charge in [-0.15, -0.1) is 16.1 Å². The molecule has 0 unspecified atom stereocenters. The third kappa shape index (κ3) is 3.09. The molecule has 3 rings (SSSR count). The van der Waals surface area contributed by atoms with Gasteiger partial charge in [0, 0.05) is 0 Å². The van der Waals surface area contributed by atoms with Gasteiger partial charge >= 0.3 is 0 Å². The van der Waals surface area contributed by atoms with E-state index < -0.39 is 0 Å². The molecule has 1 heterocycles. The Morgan fingerprint density at radius 1 is 0.706 bits per heavy atom. The summed E-state index contributed by atoms with van der Waals surface area (Å²) in [6.07, 6.45) is 0. The Balaban J connectivity index is 0.000000239. The van der Waals surface area contributed by atoms with Crippen LogP contribution in [0.5, 0.6) is 0 Å². The lowest BCUT2D eigenvalue weighted by molar-refractivity contribution is 1.84. The lowest BCUT2D eigenvalue weighted by Crippen LogP contribution is -1.62. The van der Waals surface area contributed by atoms with Crippen LogP contribution in [0.15, 0.2) is 48.5 Å². The first-order chi connectivity index (χ1) is 8.18. The van der Waals surface area contributed by atoms with Gasteiger partial charge in [0.2, 0.25) is 0 Å². The standard InChI is InChI=1S/C12H9P.C3H9P/c1-3-7-11-9(5-1)10-6-2-4-8-12(10)13-11;1-4(2)3/h1-8,13H;1-3H3. The minimum Gasteiger partial charge on any atom is -0.123 e. The molecule has 0 nitrogen and oxygen atoms in total. The molecule has 0 aliphatic heterocycles. The molecular formula is C15H18P2. The van der Waals surface area contributed by atoms with E-state index in [0.717, 1.165) is 8.19 Å². The molecule has 0 spiro atoms. The van der Waals surface area contributed by atoms with Crippen molar-refractivity contribution in [2.75, 3.05) is 20.0 Å². The first kappa shape index (κ1) is 12.6. The van der Waals surface area contributed by atoms with Crippen molar-refractivity contribution in [2.24, 2.45) is 0 Å². The van der Waals surface area contributed by atoms with Gasteiger partial charge in [0.1, 0.15) is 0 Å². The molecule has 0 saturated heterocycles. The van der Waals surface area contributed by atoms with Crippen molar-refractivity contribution in [1.82, 2.24) is 0 Å². The monoisotopic (exact) mass is 260 g/mol. The van der Waals surface area contributed by atoms with Crippen LogP contribution in [0.25, 0.3) is 21.0 Å². The fraction of sp³-hybridized carbons (Fsp3) is 0.200. The normalized spacial score (nSPS) is 10.6. The quantitative estimate of drug-likeness (QED) is 0.476. The van der Waals surface area contributed by atoms with E-state index >= 15 is 0 Å². The van der Waals surface area contributed by atoms with Crippen molar-refractivity contribution in [3.05, 3.63) is 48.5 Å². The fourth-order valence-corrected chi connectivity index (χ4v) is 3.15. The Hall–Kier alpha value is -0.830. The molecular weight excluding hydrogens is 242 g/mol. The van der Waals surface area contributed by atoms with E-state index in [-0.39, 0.29) is 0 Å². The van der Waals surface area contributed by atoms with Crippen LogP contribution in [0.4, 0.5) is 0 Å². The van der Waals surface area contributed by atoms with Gasteiger partial charge in [-0.3, -0.25) is 0 Å². The van der Waals surface area contributed by atoms with Gasteiger partial charge in [-0.05, 0) is 41.0 Å². The molecule has 88 valence electrons. The molecule has 2 aromatic carbocycles. The highest BCUT2D eigenvalue weighted by Crippen LogP contribution is 2.36.